The number of fused-ring (bicyclic) bond motifs is 1. The molecule has 3 rings (SSSR count). The number of nitrogen functional groups attached to an aromatic ring is 1. The van der Waals surface area contributed by atoms with E-state index < -0.39 is 0 Å². The summed E-state index contributed by atoms with van der Waals surface area (Å²) in [5, 5.41) is 3.54. The molecule has 1 fully saturated rings. The van der Waals surface area contributed by atoms with Crippen molar-refractivity contribution in [3.8, 4) is 0 Å². The number of H-pyrrole nitrogens is 1. The van der Waals surface area contributed by atoms with E-state index in [1.807, 2.05) is 0 Å². The van der Waals surface area contributed by atoms with Gasteiger partial charge in [0.25, 0.3) is 0 Å². The van der Waals surface area contributed by atoms with Crippen LogP contribution < -0.4 is 11.1 Å². The minimum atomic E-state index is 0.267. The Hall–Kier alpha value is -1.85. The molecule has 0 amide bonds. The van der Waals surface area contributed by atoms with Gasteiger partial charge in [-0.3, -0.25) is 0 Å². The topological polar surface area (TPSA) is 92.5 Å². The van der Waals surface area contributed by atoms with Crippen LogP contribution in [0.15, 0.2) is 6.33 Å². The van der Waals surface area contributed by atoms with E-state index in [4.69, 9.17) is 5.73 Å². The van der Waals surface area contributed by atoms with Crippen LogP contribution in [0.3, 0.4) is 0 Å². The summed E-state index contributed by atoms with van der Waals surface area (Å²) in [4.78, 5) is 15.7. The number of nitrogens with two attached hydrogens (primary N) is 1. The van der Waals surface area contributed by atoms with Gasteiger partial charge in [0.15, 0.2) is 11.5 Å². The van der Waals surface area contributed by atoms with Crippen molar-refractivity contribution < 1.29 is 0 Å². The van der Waals surface area contributed by atoms with Gasteiger partial charge in [0, 0.05) is 6.04 Å². The molecule has 1 aliphatic carbocycles. The highest BCUT2D eigenvalue weighted by Crippen LogP contribution is 2.27. The minimum Gasteiger partial charge on any atom is -0.368 e. The number of hydrogen-bond acceptors (Lipinski definition) is 5. The van der Waals surface area contributed by atoms with Crippen LogP contribution in [0, 0.1) is 5.92 Å². The first-order valence-electron chi connectivity index (χ1n) is 6.97. The number of aromatic nitrogens is 4. The molecule has 0 bridgehead atoms. The Morgan fingerprint density at radius 1 is 1.26 bits per heavy atom. The Labute approximate surface area is 112 Å². The standard InChI is InChI=1S/C13H20N6/c1-8-5-3-2-4-6-9(8)17-12-10-11(16-7-15-10)18-13(14)19-12/h7-9H,2-6H2,1H3,(H4,14,15,16,17,18,19). The average molecular weight is 260 g/mol. The zero-order chi connectivity index (χ0) is 13.2. The Morgan fingerprint density at radius 3 is 3.00 bits per heavy atom. The predicted octanol–water partition coefficient (Wildman–Crippen LogP) is 2.32. The molecule has 2 unspecified atom stereocenters. The van der Waals surface area contributed by atoms with Crippen LogP contribution in [0.2, 0.25) is 0 Å². The molecule has 0 aliphatic heterocycles. The summed E-state index contributed by atoms with van der Waals surface area (Å²) in [5.74, 6) is 1.69. The van der Waals surface area contributed by atoms with Gasteiger partial charge in [-0.05, 0) is 18.8 Å². The van der Waals surface area contributed by atoms with Crippen molar-refractivity contribution >= 4 is 22.9 Å². The number of anilines is 2. The highest BCUT2D eigenvalue weighted by molar-refractivity contribution is 5.83. The van der Waals surface area contributed by atoms with Crippen molar-refractivity contribution in [3.05, 3.63) is 6.33 Å². The minimum absolute atomic E-state index is 0.267. The lowest BCUT2D eigenvalue weighted by Gasteiger charge is -2.23. The molecule has 0 spiro atoms. The summed E-state index contributed by atoms with van der Waals surface area (Å²) < 4.78 is 0. The number of rotatable bonds is 2. The van der Waals surface area contributed by atoms with Crippen molar-refractivity contribution in [2.24, 2.45) is 5.92 Å². The second kappa shape index (κ2) is 5.03. The molecule has 2 heterocycles. The molecule has 19 heavy (non-hydrogen) atoms. The van der Waals surface area contributed by atoms with Gasteiger partial charge in [0.1, 0.15) is 5.52 Å². The van der Waals surface area contributed by atoms with Gasteiger partial charge in [-0.2, -0.15) is 9.97 Å². The number of imidazole rings is 1. The zero-order valence-electron chi connectivity index (χ0n) is 11.2. The van der Waals surface area contributed by atoms with Crippen LogP contribution in [0.1, 0.15) is 39.0 Å². The summed E-state index contributed by atoms with van der Waals surface area (Å²) in [5.41, 5.74) is 7.20. The fourth-order valence-electron chi connectivity index (χ4n) is 2.84. The van der Waals surface area contributed by atoms with E-state index in [9.17, 15) is 0 Å². The molecule has 1 saturated carbocycles. The Kier molecular flexibility index (Phi) is 3.23. The third kappa shape index (κ3) is 2.47. The van der Waals surface area contributed by atoms with Crippen LogP contribution >= 0.6 is 0 Å². The van der Waals surface area contributed by atoms with Crippen LogP contribution in [-0.4, -0.2) is 26.0 Å². The maximum atomic E-state index is 5.74. The van der Waals surface area contributed by atoms with E-state index in [1.54, 1.807) is 6.33 Å². The summed E-state index contributed by atoms with van der Waals surface area (Å²) in [7, 11) is 0. The highest BCUT2D eigenvalue weighted by Gasteiger charge is 2.21. The van der Waals surface area contributed by atoms with Gasteiger partial charge in [-0.25, -0.2) is 4.98 Å². The Morgan fingerprint density at radius 2 is 2.11 bits per heavy atom. The maximum absolute atomic E-state index is 5.74. The molecular formula is C13H20N6. The molecular weight excluding hydrogens is 240 g/mol. The van der Waals surface area contributed by atoms with Crippen molar-refractivity contribution in [3.63, 3.8) is 0 Å². The molecule has 1 aliphatic rings. The van der Waals surface area contributed by atoms with E-state index in [0.29, 0.717) is 17.6 Å². The summed E-state index contributed by atoms with van der Waals surface area (Å²) >= 11 is 0. The number of nitrogens with zero attached hydrogens (tertiary/aromatic N) is 3. The molecule has 2 aromatic rings. The second-order valence-corrected chi connectivity index (χ2v) is 5.40. The monoisotopic (exact) mass is 260 g/mol. The number of aromatic amines is 1. The summed E-state index contributed by atoms with van der Waals surface area (Å²) in [6, 6.07) is 0.448. The van der Waals surface area contributed by atoms with Crippen molar-refractivity contribution in [2.45, 2.75) is 45.1 Å². The molecule has 2 aromatic heterocycles. The summed E-state index contributed by atoms with van der Waals surface area (Å²) in [6.45, 7) is 2.30. The molecule has 0 radical (unpaired) electrons. The fourth-order valence-corrected chi connectivity index (χ4v) is 2.84. The van der Waals surface area contributed by atoms with Gasteiger partial charge in [0.05, 0.1) is 6.33 Å². The van der Waals surface area contributed by atoms with E-state index in [1.165, 1.54) is 32.1 Å². The van der Waals surface area contributed by atoms with Gasteiger partial charge < -0.3 is 16.0 Å². The van der Waals surface area contributed by atoms with Crippen molar-refractivity contribution in [2.75, 3.05) is 11.1 Å². The lowest BCUT2D eigenvalue weighted by molar-refractivity contribution is 0.456. The Balaban J connectivity index is 1.89. The first-order chi connectivity index (χ1) is 9.24. The van der Waals surface area contributed by atoms with Crippen LogP contribution in [0.4, 0.5) is 11.8 Å². The fraction of sp³-hybridized carbons (Fsp3) is 0.615. The molecule has 4 N–H and O–H groups in total. The lowest BCUT2D eigenvalue weighted by Crippen LogP contribution is -2.27. The van der Waals surface area contributed by atoms with Gasteiger partial charge >= 0.3 is 0 Å². The van der Waals surface area contributed by atoms with Crippen LogP contribution in [0.5, 0.6) is 0 Å². The molecule has 102 valence electrons. The third-order valence-corrected chi connectivity index (χ3v) is 3.99. The lowest BCUT2D eigenvalue weighted by atomic mass is 9.97. The smallest absolute Gasteiger partial charge is 0.224 e. The second-order valence-electron chi connectivity index (χ2n) is 5.40. The SMILES string of the molecule is CC1CCCCCC1Nc1nc(N)nc2nc[nH]c12. The first kappa shape index (κ1) is 12.2. The number of nitrogens with one attached hydrogen (secondary N) is 2. The molecule has 0 saturated heterocycles. The van der Waals surface area contributed by atoms with E-state index in [-0.39, 0.29) is 5.95 Å². The normalized spacial score (nSPS) is 24.3. The van der Waals surface area contributed by atoms with Crippen molar-refractivity contribution in [1.82, 2.24) is 19.9 Å². The maximum Gasteiger partial charge on any atom is 0.224 e. The van der Waals surface area contributed by atoms with Crippen LogP contribution in [0.25, 0.3) is 11.2 Å². The first-order valence-corrected chi connectivity index (χ1v) is 6.97. The van der Waals surface area contributed by atoms with Gasteiger partial charge in [-0.1, -0.05) is 26.2 Å². The molecule has 6 heteroatoms. The van der Waals surface area contributed by atoms with Crippen molar-refractivity contribution in [1.29, 1.82) is 0 Å². The van der Waals surface area contributed by atoms with Gasteiger partial charge in [-0.15, -0.1) is 0 Å². The van der Waals surface area contributed by atoms with Gasteiger partial charge in [0.2, 0.25) is 5.95 Å². The predicted molar refractivity (Wildman–Crippen MR) is 75.8 cm³/mol. The third-order valence-electron chi connectivity index (χ3n) is 3.99. The zero-order valence-corrected chi connectivity index (χ0v) is 11.2. The molecule has 2 atom stereocenters. The average Bonchev–Trinajstić information content (AvgIpc) is 2.75. The molecule has 0 aromatic carbocycles. The quantitative estimate of drug-likeness (QED) is 0.721. The Bertz CT molecular complexity index is 563. The molecule has 6 nitrogen and oxygen atoms in total. The summed E-state index contributed by atoms with van der Waals surface area (Å²) in [6.07, 6.45) is 8.00. The largest absolute Gasteiger partial charge is 0.368 e. The number of hydrogen-bond donors (Lipinski definition) is 3. The highest BCUT2D eigenvalue weighted by atomic mass is 15.1. The van der Waals surface area contributed by atoms with Crippen LogP contribution in [-0.2, 0) is 0 Å². The van der Waals surface area contributed by atoms with E-state index >= 15 is 0 Å². The van der Waals surface area contributed by atoms with E-state index in [0.717, 1.165) is 11.3 Å². The van der Waals surface area contributed by atoms with E-state index in [2.05, 4.69) is 32.2 Å².